The van der Waals surface area contributed by atoms with Gasteiger partial charge in [-0.05, 0) is 19.9 Å². The van der Waals surface area contributed by atoms with Crippen molar-refractivity contribution in [1.29, 1.82) is 0 Å². The maximum atomic E-state index is 13.3. The van der Waals surface area contributed by atoms with Crippen molar-refractivity contribution in [3.05, 3.63) is 23.5 Å². The number of ether oxygens (including phenoxy) is 1. The number of hydrogen-bond acceptors (Lipinski definition) is 3. The van der Waals surface area contributed by atoms with Crippen molar-refractivity contribution in [3.8, 4) is 11.5 Å². The first-order chi connectivity index (χ1) is 6.36. The topological polar surface area (TPSA) is 49.7 Å². The smallest absolute Gasteiger partial charge is 0.171 e. The highest BCUT2D eigenvalue weighted by atomic mass is 19.1. The molecule has 3 nitrogen and oxygen atoms in total. The Labute approximate surface area is 81.8 Å². The molecule has 0 heterocycles. The van der Waals surface area contributed by atoms with Gasteiger partial charge in [-0.1, -0.05) is 0 Å². The Bertz CT molecular complexity index is 342. The van der Waals surface area contributed by atoms with Gasteiger partial charge in [-0.2, -0.15) is 0 Å². The number of aliphatic hydroxyl groups is 1. The Kier molecular flexibility index (Phi) is 2.66. The molecule has 0 radical (unpaired) electrons. The Morgan fingerprint density at radius 1 is 1.36 bits per heavy atom. The standard InChI is InChI=1S/C10H13FO3/c1-10(2,13)7-4-6(14-3)5-8(12)9(7)11/h4-5,12-13H,1-3H3. The van der Waals surface area contributed by atoms with E-state index in [4.69, 9.17) is 4.74 Å². The average Bonchev–Trinajstić information content (AvgIpc) is 2.07. The molecule has 78 valence electrons. The highest BCUT2D eigenvalue weighted by molar-refractivity contribution is 5.41. The van der Waals surface area contributed by atoms with E-state index in [0.29, 0.717) is 5.75 Å². The van der Waals surface area contributed by atoms with Crippen LogP contribution in [0.2, 0.25) is 0 Å². The summed E-state index contributed by atoms with van der Waals surface area (Å²) in [4.78, 5) is 0. The molecule has 4 heteroatoms. The summed E-state index contributed by atoms with van der Waals surface area (Å²) in [5, 5.41) is 18.8. The predicted octanol–water partition coefficient (Wildman–Crippen LogP) is 1.77. The summed E-state index contributed by atoms with van der Waals surface area (Å²) in [6.45, 7) is 2.87. The molecule has 1 aromatic carbocycles. The van der Waals surface area contributed by atoms with E-state index in [1.54, 1.807) is 0 Å². The number of benzene rings is 1. The van der Waals surface area contributed by atoms with Gasteiger partial charge in [0.15, 0.2) is 11.6 Å². The Morgan fingerprint density at radius 2 is 1.93 bits per heavy atom. The van der Waals surface area contributed by atoms with Crippen LogP contribution in [-0.4, -0.2) is 17.3 Å². The van der Waals surface area contributed by atoms with E-state index in [0.717, 1.165) is 6.07 Å². The first-order valence-electron chi connectivity index (χ1n) is 4.15. The van der Waals surface area contributed by atoms with Gasteiger partial charge in [0.25, 0.3) is 0 Å². The fourth-order valence-corrected chi connectivity index (χ4v) is 1.15. The molecule has 0 saturated carbocycles. The first kappa shape index (κ1) is 10.8. The summed E-state index contributed by atoms with van der Waals surface area (Å²) >= 11 is 0. The summed E-state index contributed by atoms with van der Waals surface area (Å²) < 4.78 is 18.2. The van der Waals surface area contributed by atoms with Gasteiger partial charge < -0.3 is 14.9 Å². The number of methoxy groups -OCH3 is 1. The lowest BCUT2D eigenvalue weighted by molar-refractivity contribution is 0.0736. The zero-order chi connectivity index (χ0) is 10.9. The van der Waals surface area contributed by atoms with E-state index < -0.39 is 17.2 Å². The first-order valence-corrected chi connectivity index (χ1v) is 4.15. The molecule has 14 heavy (non-hydrogen) atoms. The maximum absolute atomic E-state index is 13.3. The van der Waals surface area contributed by atoms with E-state index in [1.165, 1.54) is 27.0 Å². The van der Waals surface area contributed by atoms with Gasteiger partial charge in [-0.25, -0.2) is 4.39 Å². The molecular weight excluding hydrogens is 187 g/mol. The van der Waals surface area contributed by atoms with Gasteiger partial charge in [0.2, 0.25) is 0 Å². The van der Waals surface area contributed by atoms with Crippen LogP contribution in [0.4, 0.5) is 4.39 Å². The molecule has 0 aromatic heterocycles. The highest BCUT2D eigenvalue weighted by Gasteiger charge is 2.23. The van der Waals surface area contributed by atoms with Crippen molar-refractivity contribution < 1.29 is 19.3 Å². The third-order valence-electron chi connectivity index (χ3n) is 1.92. The second-order valence-electron chi connectivity index (χ2n) is 3.57. The van der Waals surface area contributed by atoms with Crippen molar-refractivity contribution in [3.63, 3.8) is 0 Å². The fourth-order valence-electron chi connectivity index (χ4n) is 1.15. The van der Waals surface area contributed by atoms with Crippen molar-refractivity contribution >= 4 is 0 Å². The SMILES string of the molecule is COc1cc(O)c(F)c(C(C)(C)O)c1. The van der Waals surface area contributed by atoms with Crippen LogP contribution in [0.3, 0.4) is 0 Å². The van der Waals surface area contributed by atoms with Crippen molar-refractivity contribution in [2.24, 2.45) is 0 Å². The Hall–Kier alpha value is -1.29. The molecule has 0 spiro atoms. The number of rotatable bonds is 2. The predicted molar refractivity (Wildman–Crippen MR) is 49.9 cm³/mol. The minimum atomic E-state index is -1.35. The summed E-state index contributed by atoms with van der Waals surface area (Å²) in [6.07, 6.45) is 0. The zero-order valence-corrected chi connectivity index (χ0v) is 8.34. The van der Waals surface area contributed by atoms with Crippen LogP contribution in [-0.2, 0) is 5.60 Å². The molecule has 0 saturated heterocycles. The molecule has 0 unspecified atom stereocenters. The van der Waals surface area contributed by atoms with E-state index in [2.05, 4.69) is 0 Å². The Balaban J connectivity index is 3.35. The van der Waals surface area contributed by atoms with E-state index in [1.807, 2.05) is 0 Å². The van der Waals surface area contributed by atoms with E-state index >= 15 is 0 Å². The lowest BCUT2D eigenvalue weighted by Gasteiger charge is -2.19. The molecule has 0 aliphatic heterocycles. The average molecular weight is 200 g/mol. The van der Waals surface area contributed by atoms with Crippen molar-refractivity contribution in [2.45, 2.75) is 19.4 Å². The number of phenols is 1. The van der Waals surface area contributed by atoms with Crippen LogP contribution < -0.4 is 4.74 Å². The highest BCUT2D eigenvalue weighted by Crippen LogP contribution is 2.32. The molecule has 0 aliphatic carbocycles. The molecule has 0 aliphatic rings. The van der Waals surface area contributed by atoms with Crippen molar-refractivity contribution in [1.82, 2.24) is 0 Å². The van der Waals surface area contributed by atoms with Crippen LogP contribution in [0, 0.1) is 5.82 Å². The summed E-state index contributed by atoms with van der Waals surface area (Å²) in [7, 11) is 1.40. The second kappa shape index (κ2) is 3.46. The quantitative estimate of drug-likeness (QED) is 0.764. The minimum Gasteiger partial charge on any atom is -0.505 e. The summed E-state index contributed by atoms with van der Waals surface area (Å²) in [5.74, 6) is -1.04. The molecule has 0 bridgehead atoms. The van der Waals surface area contributed by atoms with Crippen LogP contribution >= 0.6 is 0 Å². The number of hydrogen-bond donors (Lipinski definition) is 2. The van der Waals surface area contributed by atoms with Gasteiger partial charge in [-0.15, -0.1) is 0 Å². The summed E-state index contributed by atoms with van der Waals surface area (Å²) in [5.41, 5.74) is -1.34. The van der Waals surface area contributed by atoms with Crippen LogP contribution in [0.5, 0.6) is 11.5 Å². The molecule has 1 aromatic rings. The summed E-state index contributed by atoms with van der Waals surface area (Å²) in [6, 6.07) is 2.51. The Morgan fingerprint density at radius 3 is 2.36 bits per heavy atom. The molecule has 2 N–H and O–H groups in total. The monoisotopic (exact) mass is 200 g/mol. The number of phenolic OH excluding ortho intramolecular Hbond substituents is 1. The van der Waals surface area contributed by atoms with Crippen LogP contribution in [0.25, 0.3) is 0 Å². The molecular formula is C10H13FO3. The van der Waals surface area contributed by atoms with Gasteiger partial charge in [0.05, 0.1) is 12.7 Å². The zero-order valence-electron chi connectivity index (χ0n) is 8.34. The molecule has 0 fully saturated rings. The van der Waals surface area contributed by atoms with E-state index in [9.17, 15) is 14.6 Å². The largest absolute Gasteiger partial charge is 0.505 e. The van der Waals surface area contributed by atoms with Gasteiger partial charge in [0.1, 0.15) is 5.75 Å². The maximum Gasteiger partial charge on any atom is 0.171 e. The fraction of sp³-hybridized carbons (Fsp3) is 0.400. The van der Waals surface area contributed by atoms with E-state index in [-0.39, 0.29) is 5.56 Å². The number of halogens is 1. The van der Waals surface area contributed by atoms with Crippen molar-refractivity contribution in [2.75, 3.05) is 7.11 Å². The lowest BCUT2D eigenvalue weighted by Crippen LogP contribution is -2.17. The van der Waals surface area contributed by atoms with Gasteiger partial charge >= 0.3 is 0 Å². The second-order valence-corrected chi connectivity index (χ2v) is 3.57. The number of aromatic hydroxyl groups is 1. The molecule has 1 rings (SSSR count). The van der Waals surface area contributed by atoms with Crippen LogP contribution in [0.15, 0.2) is 12.1 Å². The molecule has 0 atom stereocenters. The van der Waals surface area contributed by atoms with Gasteiger partial charge in [0, 0.05) is 11.6 Å². The minimum absolute atomic E-state index is 0.00866. The normalized spacial score (nSPS) is 11.5. The third-order valence-corrected chi connectivity index (χ3v) is 1.92. The molecule has 0 amide bonds. The lowest BCUT2D eigenvalue weighted by atomic mass is 9.97. The van der Waals surface area contributed by atoms with Crippen LogP contribution in [0.1, 0.15) is 19.4 Å². The third kappa shape index (κ3) is 1.96. The van der Waals surface area contributed by atoms with Gasteiger partial charge in [-0.3, -0.25) is 0 Å².